The molecule has 3 aliphatic carbocycles. The zero-order valence-electron chi connectivity index (χ0n) is 18.7. The second kappa shape index (κ2) is 10.1. The molecule has 0 saturated heterocycles. The van der Waals surface area contributed by atoms with E-state index in [0.717, 1.165) is 12.3 Å². The summed E-state index contributed by atoms with van der Waals surface area (Å²) >= 11 is 0. The van der Waals surface area contributed by atoms with Crippen LogP contribution >= 0.6 is 0 Å². The van der Waals surface area contributed by atoms with Gasteiger partial charge in [-0.2, -0.15) is 0 Å². The standard InChI is InChI=1S/C30H36/c1-3-5-10-23(4-2)21-24-15-17-25(18-16-24)22-27-19-20-29(26-11-7-6-8-12-26)30-14-9-13-28(27)30/h7,9,11-20,23,30H,3-6,8,10,21-22H2,1-2H3. The van der Waals surface area contributed by atoms with Crippen LogP contribution in [0.4, 0.5) is 0 Å². The second-order valence-corrected chi connectivity index (χ2v) is 9.05. The van der Waals surface area contributed by atoms with E-state index in [1.165, 1.54) is 78.4 Å². The van der Waals surface area contributed by atoms with Gasteiger partial charge in [0.05, 0.1) is 0 Å². The molecule has 156 valence electrons. The Morgan fingerprint density at radius 1 is 0.933 bits per heavy atom. The number of hydrogen-bond acceptors (Lipinski definition) is 0. The van der Waals surface area contributed by atoms with Gasteiger partial charge in [0.2, 0.25) is 0 Å². The fraction of sp³-hybridized carbons (Fsp3) is 0.400. The lowest BCUT2D eigenvalue weighted by Crippen LogP contribution is -2.12. The predicted molar refractivity (Wildman–Crippen MR) is 130 cm³/mol. The minimum absolute atomic E-state index is 0.433. The Balaban J connectivity index is 1.45. The van der Waals surface area contributed by atoms with E-state index in [1.807, 2.05) is 0 Å². The van der Waals surface area contributed by atoms with E-state index in [-0.39, 0.29) is 0 Å². The zero-order chi connectivity index (χ0) is 20.8. The summed E-state index contributed by atoms with van der Waals surface area (Å²) < 4.78 is 0. The van der Waals surface area contributed by atoms with Gasteiger partial charge in [-0.1, -0.05) is 112 Å². The molecule has 0 fully saturated rings. The summed E-state index contributed by atoms with van der Waals surface area (Å²) in [4.78, 5) is 0. The van der Waals surface area contributed by atoms with Crippen LogP contribution in [0.3, 0.4) is 0 Å². The lowest BCUT2D eigenvalue weighted by molar-refractivity contribution is 0.449. The molecule has 0 radical (unpaired) electrons. The topological polar surface area (TPSA) is 0 Å². The highest BCUT2D eigenvalue weighted by Gasteiger charge is 2.26. The molecule has 1 aromatic carbocycles. The molecule has 0 heteroatoms. The molecule has 0 aromatic heterocycles. The van der Waals surface area contributed by atoms with Crippen LogP contribution in [0.15, 0.2) is 95.2 Å². The number of allylic oxidation sites excluding steroid dienone is 12. The lowest BCUT2D eigenvalue weighted by atomic mass is 9.78. The molecule has 0 saturated carbocycles. The van der Waals surface area contributed by atoms with Gasteiger partial charge in [-0.15, -0.1) is 0 Å². The van der Waals surface area contributed by atoms with Crippen LogP contribution < -0.4 is 0 Å². The first-order valence-electron chi connectivity index (χ1n) is 12.0. The predicted octanol–water partition coefficient (Wildman–Crippen LogP) is 8.24. The van der Waals surface area contributed by atoms with Crippen molar-refractivity contribution in [1.29, 1.82) is 0 Å². The summed E-state index contributed by atoms with van der Waals surface area (Å²) in [6.07, 6.45) is 28.6. The molecule has 2 unspecified atom stereocenters. The summed E-state index contributed by atoms with van der Waals surface area (Å²) in [5.41, 5.74) is 8.75. The van der Waals surface area contributed by atoms with Crippen molar-refractivity contribution in [3.05, 3.63) is 106 Å². The quantitative estimate of drug-likeness (QED) is 0.394. The Morgan fingerprint density at radius 2 is 1.77 bits per heavy atom. The first kappa shape index (κ1) is 20.9. The fourth-order valence-electron chi connectivity index (χ4n) is 5.00. The van der Waals surface area contributed by atoms with Crippen molar-refractivity contribution in [2.24, 2.45) is 11.8 Å². The highest BCUT2D eigenvalue weighted by atomic mass is 14.3. The van der Waals surface area contributed by atoms with Crippen molar-refractivity contribution < 1.29 is 0 Å². The zero-order valence-corrected chi connectivity index (χ0v) is 18.7. The van der Waals surface area contributed by atoms with Crippen molar-refractivity contribution in [3.63, 3.8) is 0 Å². The van der Waals surface area contributed by atoms with E-state index in [4.69, 9.17) is 0 Å². The Hall–Kier alpha value is -2.34. The third-order valence-corrected chi connectivity index (χ3v) is 6.90. The van der Waals surface area contributed by atoms with Gasteiger partial charge in [-0.3, -0.25) is 0 Å². The first-order valence-corrected chi connectivity index (χ1v) is 12.0. The van der Waals surface area contributed by atoms with Crippen molar-refractivity contribution in [2.45, 2.75) is 65.2 Å². The van der Waals surface area contributed by atoms with Gasteiger partial charge in [-0.05, 0) is 65.0 Å². The molecular formula is C30H36. The molecule has 4 rings (SSSR count). The van der Waals surface area contributed by atoms with Crippen LogP contribution in [0.1, 0.15) is 63.5 Å². The maximum absolute atomic E-state index is 2.40. The van der Waals surface area contributed by atoms with Crippen molar-refractivity contribution in [1.82, 2.24) is 0 Å². The first-order chi connectivity index (χ1) is 14.8. The maximum atomic E-state index is 2.40. The van der Waals surface area contributed by atoms with Crippen LogP contribution in [0.2, 0.25) is 0 Å². The molecule has 1 aromatic rings. The minimum atomic E-state index is 0.433. The molecule has 0 nitrogen and oxygen atoms in total. The van der Waals surface area contributed by atoms with Crippen molar-refractivity contribution >= 4 is 0 Å². The monoisotopic (exact) mass is 396 g/mol. The SMILES string of the molecule is CCCCC(CC)Cc1ccc(CC2=CC=C(C3=CCCC=C3)C3C=CC=C23)cc1. The van der Waals surface area contributed by atoms with Crippen LogP contribution in [0.5, 0.6) is 0 Å². The molecule has 30 heavy (non-hydrogen) atoms. The van der Waals surface area contributed by atoms with Crippen molar-refractivity contribution in [3.8, 4) is 0 Å². The Labute approximate surface area is 183 Å². The highest BCUT2D eigenvalue weighted by Crippen LogP contribution is 2.40. The average molecular weight is 397 g/mol. The molecular weight excluding hydrogens is 360 g/mol. The number of hydrogen-bond donors (Lipinski definition) is 0. The number of rotatable bonds is 9. The van der Waals surface area contributed by atoms with Gasteiger partial charge in [-0.25, -0.2) is 0 Å². The molecule has 0 spiro atoms. The maximum Gasteiger partial charge on any atom is 0.0281 e. The van der Waals surface area contributed by atoms with Gasteiger partial charge in [0.1, 0.15) is 0 Å². The largest absolute Gasteiger partial charge is 0.0836 e. The van der Waals surface area contributed by atoms with E-state index in [9.17, 15) is 0 Å². The summed E-state index contributed by atoms with van der Waals surface area (Å²) in [5, 5.41) is 0. The molecule has 0 amide bonds. The van der Waals surface area contributed by atoms with Crippen LogP contribution in [0, 0.1) is 11.8 Å². The molecule has 0 aliphatic heterocycles. The summed E-state index contributed by atoms with van der Waals surface area (Å²) in [7, 11) is 0. The van der Waals surface area contributed by atoms with E-state index in [1.54, 1.807) is 0 Å². The third kappa shape index (κ3) is 4.86. The van der Waals surface area contributed by atoms with E-state index < -0.39 is 0 Å². The normalized spacial score (nSPS) is 20.9. The summed E-state index contributed by atoms with van der Waals surface area (Å²) in [6, 6.07) is 9.44. The fourth-order valence-corrected chi connectivity index (χ4v) is 5.00. The number of fused-ring (bicyclic) bond motifs is 1. The average Bonchev–Trinajstić information content (AvgIpc) is 3.29. The molecule has 2 atom stereocenters. The Bertz CT molecular complexity index is 911. The van der Waals surface area contributed by atoms with Crippen LogP contribution in [0.25, 0.3) is 0 Å². The van der Waals surface area contributed by atoms with Gasteiger partial charge in [0.15, 0.2) is 0 Å². The third-order valence-electron chi connectivity index (χ3n) is 6.90. The van der Waals surface area contributed by atoms with Gasteiger partial charge in [0, 0.05) is 5.92 Å². The smallest absolute Gasteiger partial charge is 0.0281 e. The van der Waals surface area contributed by atoms with Crippen LogP contribution in [-0.2, 0) is 12.8 Å². The van der Waals surface area contributed by atoms with Gasteiger partial charge < -0.3 is 0 Å². The number of benzene rings is 1. The molecule has 0 N–H and O–H groups in total. The highest BCUT2D eigenvalue weighted by molar-refractivity contribution is 5.60. The molecule has 0 bridgehead atoms. The lowest BCUT2D eigenvalue weighted by Gasteiger charge is -2.26. The summed E-state index contributed by atoms with van der Waals surface area (Å²) in [6.45, 7) is 4.63. The Morgan fingerprint density at radius 3 is 2.50 bits per heavy atom. The van der Waals surface area contributed by atoms with E-state index >= 15 is 0 Å². The number of unbranched alkanes of at least 4 members (excludes halogenated alkanes) is 1. The second-order valence-electron chi connectivity index (χ2n) is 9.05. The Kier molecular flexibility index (Phi) is 7.05. The van der Waals surface area contributed by atoms with Gasteiger partial charge in [0.25, 0.3) is 0 Å². The van der Waals surface area contributed by atoms with E-state index in [2.05, 4.69) is 86.7 Å². The van der Waals surface area contributed by atoms with E-state index in [0.29, 0.717) is 5.92 Å². The molecule has 0 heterocycles. The van der Waals surface area contributed by atoms with Crippen LogP contribution in [-0.4, -0.2) is 0 Å². The van der Waals surface area contributed by atoms with Crippen molar-refractivity contribution in [2.75, 3.05) is 0 Å². The summed E-state index contributed by atoms with van der Waals surface area (Å²) in [5.74, 6) is 1.26. The molecule has 3 aliphatic rings. The minimum Gasteiger partial charge on any atom is -0.0836 e. The van der Waals surface area contributed by atoms with Gasteiger partial charge >= 0.3 is 0 Å².